The van der Waals surface area contributed by atoms with Gasteiger partial charge in [-0.2, -0.15) is 0 Å². The fourth-order valence-corrected chi connectivity index (χ4v) is 1.51. The third-order valence-electron chi connectivity index (χ3n) is 2.67. The van der Waals surface area contributed by atoms with Crippen molar-refractivity contribution in [2.75, 3.05) is 13.1 Å². The molecule has 1 amide bonds. The molecule has 0 aliphatic carbocycles. The molecule has 0 bridgehead atoms. The van der Waals surface area contributed by atoms with Crippen LogP contribution in [0.3, 0.4) is 0 Å². The number of aliphatic hydroxyl groups excluding tert-OH is 1. The van der Waals surface area contributed by atoms with Crippen LogP contribution in [0.15, 0.2) is 0 Å². The number of likely N-dealkylation sites (tertiary alicyclic amines) is 1. The number of hydrogen-bond acceptors (Lipinski definition) is 3. The number of nitrogens with two attached hydrogens (primary N) is 1. The summed E-state index contributed by atoms with van der Waals surface area (Å²) in [6.45, 7) is 6.90. The van der Waals surface area contributed by atoms with Gasteiger partial charge in [-0.05, 0) is 11.8 Å². The molecular weight excluding hydrogens is 180 g/mol. The molecule has 0 radical (unpaired) electrons. The van der Waals surface area contributed by atoms with E-state index in [9.17, 15) is 9.90 Å². The van der Waals surface area contributed by atoms with E-state index in [2.05, 4.69) is 0 Å². The van der Waals surface area contributed by atoms with E-state index in [0.717, 1.165) is 0 Å². The minimum absolute atomic E-state index is 0.0472. The molecule has 0 aromatic heterocycles. The number of hydrogen-bond donors (Lipinski definition) is 2. The lowest BCUT2D eigenvalue weighted by atomic mass is 9.86. The van der Waals surface area contributed by atoms with Gasteiger partial charge in [-0.25, -0.2) is 0 Å². The van der Waals surface area contributed by atoms with Gasteiger partial charge in [0.05, 0.1) is 12.1 Å². The molecule has 0 unspecified atom stereocenters. The maximum atomic E-state index is 11.8. The van der Waals surface area contributed by atoms with Crippen molar-refractivity contribution in [1.29, 1.82) is 0 Å². The molecule has 1 aliphatic heterocycles. The zero-order valence-corrected chi connectivity index (χ0v) is 9.16. The van der Waals surface area contributed by atoms with Crippen molar-refractivity contribution in [3.8, 4) is 0 Å². The number of nitrogens with zero attached hydrogens (tertiary/aromatic N) is 1. The van der Waals surface area contributed by atoms with Crippen LogP contribution in [0.5, 0.6) is 0 Å². The van der Waals surface area contributed by atoms with Crippen LogP contribution in [0.4, 0.5) is 0 Å². The first-order valence-electron chi connectivity index (χ1n) is 5.05. The Kier molecular flexibility index (Phi) is 3.17. The molecule has 0 aromatic carbocycles. The highest BCUT2D eigenvalue weighted by Gasteiger charge is 2.34. The monoisotopic (exact) mass is 200 g/mol. The summed E-state index contributed by atoms with van der Waals surface area (Å²) in [5.74, 6) is -0.0472. The summed E-state index contributed by atoms with van der Waals surface area (Å²) < 4.78 is 0. The fraction of sp³-hybridized carbons (Fsp3) is 0.900. The van der Waals surface area contributed by atoms with E-state index in [-0.39, 0.29) is 17.4 Å². The molecule has 1 saturated heterocycles. The lowest BCUT2D eigenvalue weighted by molar-refractivity contribution is -0.134. The van der Waals surface area contributed by atoms with Gasteiger partial charge < -0.3 is 15.7 Å². The Balaban J connectivity index is 2.57. The first-order chi connectivity index (χ1) is 6.32. The largest absolute Gasteiger partial charge is 0.391 e. The normalized spacial score (nSPS) is 25.2. The van der Waals surface area contributed by atoms with Crippen LogP contribution < -0.4 is 5.73 Å². The van der Waals surface area contributed by atoms with Crippen LogP contribution in [0.25, 0.3) is 0 Å². The Hall–Kier alpha value is -0.610. The summed E-state index contributed by atoms with van der Waals surface area (Å²) in [6.07, 6.45) is 0.300. The van der Waals surface area contributed by atoms with Crippen LogP contribution in [0.2, 0.25) is 0 Å². The third-order valence-corrected chi connectivity index (χ3v) is 2.67. The molecule has 82 valence electrons. The highest BCUT2D eigenvalue weighted by atomic mass is 16.3. The Bertz CT molecular complexity index is 223. The van der Waals surface area contributed by atoms with Crippen molar-refractivity contribution in [3.05, 3.63) is 0 Å². The van der Waals surface area contributed by atoms with Gasteiger partial charge in [0.1, 0.15) is 0 Å². The molecule has 3 N–H and O–H groups in total. The molecule has 2 atom stereocenters. The first-order valence-corrected chi connectivity index (χ1v) is 5.05. The number of carbonyl (C=O) groups is 1. The second-order valence-electron chi connectivity index (χ2n) is 5.07. The SMILES string of the molecule is CC(C)(C)[C@H](N)C(=O)N1CC[C@H](O)C1. The van der Waals surface area contributed by atoms with Crippen LogP contribution in [-0.2, 0) is 4.79 Å². The van der Waals surface area contributed by atoms with Gasteiger partial charge in [0.2, 0.25) is 5.91 Å². The van der Waals surface area contributed by atoms with Crippen LogP contribution >= 0.6 is 0 Å². The highest BCUT2D eigenvalue weighted by molar-refractivity contribution is 5.82. The van der Waals surface area contributed by atoms with E-state index < -0.39 is 6.04 Å². The molecule has 0 aromatic rings. The van der Waals surface area contributed by atoms with Gasteiger partial charge >= 0.3 is 0 Å². The zero-order chi connectivity index (χ0) is 10.9. The lowest BCUT2D eigenvalue weighted by Crippen LogP contribution is -2.49. The lowest BCUT2D eigenvalue weighted by Gasteiger charge is -2.29. The van der Waals surface area contributed by atoms with Crippen molar-refractivity contribution in [2.24, 2.45) is 11.1 Å². The molecule has 14 heavy (non-hydrogen) atoms. The van der Waals surface area contributed by atoms with Crippen molar-refractivity contribution in [1.82, 2.24) is 4.90 Å². The quantitative estimate of drug-likeness (QED) is 0.624. The predicted molar refractivity (Wildman–Crippen MR) is 54.6 cm³/mol. The van der Waals surface area contributed by atoms with E-state index in [1.54, 1.807) is 4.90 Å². The Morgan fingerprint density at radius 2 is 2.14 bits per heavy atom. The molecule has 0 spiro atoms. The summed E-state index contributed by atoms with van der Waals surface area (Å²) in [6, 6.07) is -0.479. The predicted octanol–water partition coefficient (Wildman–Crippen LogP) is -0.0470. The molecule has 1 heterocycles. The van der Waals surface area contributed by atoms with Crippen molar-refractivity contribution < 1.29 is 9.90 Å². The average Bonchev–Trinajstić information content (AvgIpc) is 2.47. The first kappa shape index (κ1) is 11.5. The van der Waals surface area contributed by atoms with Gasteiger partial charge in [-0.1, -0.05) is 20.8 Å². The number of rotatable bonds is 1. The molecule has 1 rings (SSSR count). The molecule has 0 saturated carbocycles. The smallest absolute Gasteiger partial charge is 0.240 e. The molecule has 1 aliphatic rings. The van der Waals surface area contributed by atoms with Gasteiger partial charge in [0, 0.05) is 13.1 Å². The van der Waals surface area contributed by atoms with Crippen molar-refractivity contribution in [3.63, 3.8) is 0 Å². The van der Waals surface area contributed by atoms with Gasteiger partial charge in [0.25, 0.3) is 0 Å². The summed E-state index contributed by atoms with van der Waals surface area (Å²) >= 11 is 0. The van der Waals surface area contributed by atoms with Gasteiger partial charge in [-0.15, -0.1) is 0 Å². The Morgan fingerprint density at radius 1 is 1.57 bits per heavy atom. The van der Waals surface area contributed by atoms with E-state index in [1.807, 2.05) is 20.8 Å². The Morgan fingerprint density at radius 3 is 2.50 bits per heavy atom. The fourth-order valence-electron chi connectivity index (χ4n) is 1.51. The standard InChI is InChI=1S/C10H20N2O2/c1-10(2,3)8(11)9(14)12-5-4-7(13)6-12/h7-8,13H,4-6,11H2,1-3H3/t7-,8+/m0/s1. The van der Waals surface area contributed by atoms with E-state index >= 15 is 0 Å². The molecule has 1 fully saturated rings. The Labute approximate surface area is 85.1 Å². The van der Waals surface area contributed by atoms with Crippen LogP contribution in [-0.4, -0.2) is 41.1 Å². The van der Waals surface area contributed by atoms with Crippen molar-refractivity contribution in [2.45, 2.75) is 39.3 Å². The summed E-state index contributed by atoms with van der Waals surface area (Å²) in [5.41, 5.74) is 5.63. The summed E-state index contributed by atoms with van der Waals surface area (Å²) in [7, 11) is 0. The van der Waals surface area contributed by atoms with E-state index in [1.165, 1.54) is 0 Å². The second-order valence-corrected chi connectivity index (χ2v) is 5.07. The third kappa shape index (κ3) is 2.45. The van der Waals surface area contributed by atoms with E-state index in [0.29, 0.717) is 19.5 Å². The van der Waals surface area contributed by atoms with E-state index in [4.69, 9.17) is 5.73 Å². The number of β-amino-alcohol motifs (C(OH)–C–C–N with tert-alkyl or cyclic N) is 1. The van der Waals surface area contributed by atoms with Crippen molar-refractivity contribution >= 4 is 5.91 Å². The van der Waals surface area contributed by atoms with Gasteiger partial charge in [-0.3, -0.25) is 4.79 Å². The number of carbonyl (C=O) groups excluding carboxylic acids is 1. The highest BCUT2D eigenvalue weighted by Crippen LogP contribution is 2.21. The van der Waals surface area contributed by atoms with Crippen LogP contribution in [0.1, 0.15) is 27.2 Å². The minimum Gasteiger partial charge on any atom is -0.391 e. The summed E-state index contributed by atoms with van der Waals surface area (Å²) in [4.78, 5) is 13.5. The maximum Gasteiger partial charge on any atom is 0.240 e. The summed E-state index contributed by atoms with van der Waals surface area (Å²) in [5, 5.41) is 9.30. The molecule has 4 heteroatoms. The maximum absolute atomic E-state index is 11.8. The average molecular weight is 200 g/mol. The number of aliphatic hydroxyl groups is 1. The zero-order valence-electron chi connectivity index (χ0n) is 9.16. The minimum atomic E-state index is -0.479. The molecule has 4 nitrogen and oxygen atoms in total. The second kappa shape index (κ2) is 3.87. The van der Waals surface area contributed by atoms with Crippen LogP contribution in [0, 0.1) is 5.41 Å². The topological polar surface area (TPSA) is 66.6 Å². The van der Waals surface area contributed by atoms with Gasteiger partial charge in [0.15, 0.2) is 0 Å². The molecular formula is C10H20N2O2. The number of amides is 1.